The highest BCUT2D eigenvalue weighted by Gasteiger charge is 2.43. The molecule has 126 valence electrons. The highest BCUT2D eigenvalue weighted by Crippen LogP contribution is 2.34. The van der Waals surface area contributed by atoms with Crippen molar-refractivity contribution < 1.29 is 15.0 Å². The molecule has 2 aliphatic rings. The van der Waals surface area contributed by atoms with Gasteiger partial charge >= 0.3 is 0 Å². The third-order valence-electron chi connectivity index (χ3n) is 5.44. The lowest BCUT2D eigenvalue weighted by Crippen LogP contribution is -2.56. The second-order valence-electron chi connectivity index (χ2n) is 6.85. The third-order valence-corrected chi connectivity index (χ3v) is 5.44. The molecule has 1 aromatic rings. The molecule has 2 aliphatic heterocycles. The number of benzene rings is 1. The molecule has 1 aromatic carbocycles. The lowest BCUT2D eigenvalue weighted by Gasteiger charge is -2.45. The van der Waals surface area contributed by atoms with Crippen LogP contribution in [0.2, 0.25) is 0 Å². The van der Waals surface area contributed by atoms with E-state index in [2.05, 4.69) is 4.90 Å². The summed E-state index contributed by atoms with van der Waals surface area (Å²) in [7, 11) is 1.85. The Morgan fingerprint density at radius 2 is 1.91 bits per heavy atom. The fraction of sp³-hybridized carbons (Fsp3) is 0.611. The molecule has 0 radical (unpaired) electrons. The molecule has 1 unspecified atom stereocenters. The summed E-state index contributed by atoms with van der Waals surface area (Å²) in [5, 5.41) is 21.5. The van der Waals surface area contributed by atoms with Crippen molar-refractivity contribution in [1.29, 1.82) is 0 Å². The third kappa shape index (κ3) is 3.27. The first kappa shape index (κ1) is 16.4. The maximum Gasteiger partial charge on any atom is 0.222 e. The van der Waals surface area contributed by atoms with Crippen LogP contribution in [0.4, 0.5) is 0 Å². The van der Waals surface area contributed by atoms with E-state index in [4.69, 9.17) is 0 Å². The second kappa shape index (κ2) is 6.59. The number of carbonyl (C=O) groups excluding carboxylic acids is 1. The summed E-state index contributed by atoms with van der Waals surface area (Å²) < 4.78 is 0. The first-order valence-electron chi connectivity index (χ1n) is 8.44. The first-order valence-corrected chi connectivity index (χ1v) is 8.44. The average molecular weight is 318 g/mol. The summed E-state index contributed by atoms with van der Waals surface area (Å²) >= 11 is 0. The summed E-state index contributed by atoms with van der Waals surface area (Å²) in [6.45, 7) is 1.96. The number of aliphatic hydroxyl groups excluding tert-OH is 1. The van der Waals surface area contributed by atoms with E-state index in [9.17, 15) is 15.0 Å². The molecular weight excluding hydrogens is 292 g/mol. The Kier molecular flexibility index (Phi) is 4.71. The molecule has 0 bridgehead atoms. The lowest BCUT2D eigenvalue weighted by molar-refractivity contribution is -0.132. The van der Waals surface area contributed by atoms with Crippen LogP contribution >= 0.6 is 0 Å². The van der Waals surface area contributed by atoms with Crippen molar-refractivity contribution >= 4 is 5.91 Å². The van der Waals surface area contributed by atoms with Crippen molar-refractivity contribution in [3.05, 3.63) is 35.9 Å². The number of carbonyl (C=O) groups is 1. The number of piperidine rings is 1. The topological polar surface area (TPSA) is 64.0 Å². The largest absolute Gasteiger partial charge is 0.388 e. The van der Waals surface area contributed by atoms with E-state index >= 15 is 0 Å². The van der Waals surface area contributed by atoms with Gasteiger partial charge in [-0.15, -0.1) is 0 Å². The second-order valence-corrected chi connectivity index (χ2v) is 6.85. The van der Waals surface area contributed by atoms with Gasteiger partial charge in [0.25, 0.3) is 0 Å². The molecule has 23 heavy (non-hydrogen) atoms. The summed E-state index contributed by atoms with van der Waals surface area (Å²) in [4.78, 5) is 15.8. The van der Waals surface area contributed by atoms with E-state index in [0.29, 0.717) is 25.4 Å². The molecule has 1 amide bonds. The molecule has 3 rings (SSSR count). The van der Waals surface area contributed by atoms with E-state index in [1.54, 1.807) is 4.90 Å². The number of amides is 1. The van der Waals surface area contributed by atoms with Gasteiger partial charge in [0, 0.05) is 39.1 Å². The predicted molar refractivity (Wildman–Crippen MR) is 87.8 cm³/mol. The van der Waals surface area contributed by atoms with Gasteiger partial charge in [0.1, 0.15) is 5.60 Å². The van der Waals surface area contributed by atoms with Crippen molar-refractivity contribution in [1.82, 2.24) is 9.80 Å². The van der Waals surface area contributed by atoms with Crippen LogP contribution in [-0.2, 0) is 10.4 Å². The van der Waals surface area contributed by atoms with Gasteiger partial charge in [-0.3, -0.25) is 9.69 Å². The van der Waals surface area contributed by atoms with E-state index in [1.165, 1.54) is 0 Å². The molecule has 0 aliphatic carbocycles. The normalized spacial score (nSPS) is 33.5. The number of aliphatic hydroxyl groups is 2. The monoisotopic (exact) mass is 318 g/mol. The number of likely N-dealkylation sites (tertiary alicyclic amines) is 2. The number of hydrogen-bond donors (Lipinski definition) is 2. The Hall–Kier alpha value is -1.43. The van der Waals surface area contributed by atoms with Gasteiger partial charge in [0.05, 0.1) is 6.10 Å². The number of hydrogen-bond acceptors (Lipinski definition) is 4. The van der Waals surface area contributed by atoms with Crippen LogP contribution in [0.1, 0.15) is 31.2 Å². The van der Waals surface area contributed by atoms with E-state index in [1.807, 2.05) is 37.4 Å². The molecule has 2 saturated heterocycles. The zero-order valence-electron chi connectivity index (χ0n) is 13.7. The van der Waals surface area contributed by atoms with Gasteiger partial charge in [-0.1, -0.05) is 30.3 Å². The van der Waals surface area contributed by atoms with Crippen LogP contribution in [-0.4, -0.2) is 64.7 Å². The Bertz CT molecular complexity index is 550. The number of nitrogens with zero attached hydrogens (tertiary/aromatic N) is 2. The summed E-state index contributed by atoms with van der Waals surface area (Å²) in [6.07, 6.45) is 2.03. The lowest BCUT2D eigenvalue weighted by atomic mass is 9.81. The van der Waals surface area contributed by atoms with Crippen molar-refractivity contribution in [2.45, 2.75) is 43.4 Å². The maximum atomic E-state index is 11.8. The van der Waals surface area contributed by atoms with Crippen LogP contribution in [0.15, 0.2) is 30.3 Å². The van der Waals surface area contributed by atoms with Crippen molar-refractivity contribution in [2.24, 2.45) is 0 Å². The van der Waals surface area contributed by atoms with Gasteiger partial charge in [-0.25, -0.2) is 0 Å². The average Bonchev–Trinajstić information content (AvgIpc) is 2.73. The van der Waals surface area contributed by atoms with E-state index < -0.39 is 11.7 Å². The molecule has 0 spiro atoms. The zero-order valence-corrected chi connectivity index (χ0v) is 13.7. The molecule has 0 aromatic heterocycles. The molecule has 5 nitrogen and oxygen atoms in total. The highest BCUT2D eigenvalue weighted by molar-refractivity contribution is 5.76. The molecule has 3 atom stereocenters. The van der Waals surface area contributed by atoms with Crippen LogP contribution in [0, 0.1) is 0 Å². The van der Waals surface area contributed by atoms with Crippen molar-refractivity contribution in [3.8, 4) is 0 Å². The summed E-state index contributed by atoms with van der Waals surface area (Å²) in [5.74, 6) is 0.200. The fourth-order valence-electron chi connectivity index (χ4n) is 3.80. The zero-order chi connectivity index (χ0) is 16.4. The highest BCUT2D eigenvalue weighted by atomic mass is 16.3. The van der Waals surface area contributed by atoms with Gasteiger partial charge in [-0.2, -0.15) is 0 Å². The van der Waals surface area contributed by atoms with Crippen LogP contribution < -0.4 is 0 Å². The smallest absolute Gasteiger partial charge is 0.222 e. The molecule has 2 heterocycles. The molecule has 2 fully saturated rings. The van der Waals surface area contributed by atoms with Gasteiger partial charge in [-0.05, 0) is 24.8 Å². The quantitative estimate of drug-likeness (QED) is 0.852. The first-order chi connectivity index (χ1) is 11.0. The molecular formula is C18H26N2O3. The Labute approximate surface area is 137 Å². The molecule has 5 heteroatoms. The Balaban J connectivity index is 1.68. The van der Waals surface area contributed by atoms with Crippen LogP contribution in [0.25, 0.3) is 0 Å². The summed E-state index contributed by atoms with van der Waals surface area (Å²) in [5.41, 5.74) is -0.391. The van der Waals surface area contributed by atoms with Crippen molar-refractivity contribution in [3.63, 3.8) is 0 Å². The van der Waals surface area contributed by atoms with Gasteiger partial charge in [0.15, 0.2) is 0 Å². The van der Waals surface area contributed by atoms with Gasteiger partial charge < -0.3 is 15.1 Å². The van der Waals surface area contributed by atoms with Crippen LogP contribution in [0.3, 0.4) is 0 Å². The number of β-amino-alcohol motifs (C(OH)–C–C–N with tert-alkyl or cyclic N) is 1. The minimum atomic E-state index is -1.17. The van der Waals surface area contributed by atoms with E-state index in [0.717, 1.165) is 31.5 Å². The minimum Gasteiger partial charge on any atom is -0.388 e. The standard InChI is InChI=1S/C18H26N2O3/c1-19-11-9-15(7-8-17(19)22)20-12-10-18(23,16(21)13-20)14-5-3-2-4-6-14/h2-6,15-16,21,23H,7-13H2,1H3/t15?,16-,18-/m0/s1. The SMILES string of the molecule is CN1CCC(N2CC[C@](O)(c3ccccc3)[C@@H](O)C2)CCC1=O. The maximum absolute atomic E-state index is 11.8. The fourth-order valence-corrected chi connectivity index (χ4v) is 3.80. The Morgan fingerprint density at radius 1 is 1.17 bits per heavy atom. The minimum absolute atomic E-state index is 0.200. The number of rotatable bonds is 2. The Morgan fingerprint density at radius 3 is 2.61 bits per heavy atom. The molecule has 2 N–H and O–H groups in total. The summed E-state index contributed by atoms with van der Waals surface area (Å²) in [6, 6.07) is 9.74. The van der Waals surface area contributed by atoms with E-state index in [-0.39, 0.29) is 5.91 Å². The van der Waals surface area contributed by atoms with Gasteiger partial charge in [0.2, 0.25) is 5.91 Å². The van der Waals surface area contributed by atoms with Crippen LogP contribution in [0.5, 0.6) is 0 Å². The predicted octanol–water partition coefficient (Wildman–Crippen LogP) is 0.952. The molecule has 0 saturated carbocycles. The van der Waals surface area contributed by atoms with Crippen molar-refractivity contribution in [2.75, 3.05) is 26.7 Å².